The van der Waals surface area contributed by atoms with Crippen LogP contribution >= 0.6 is 11.8 Å². The molecule has 0 bridgehead atoms. The third kappa shape index (κ3) is 3.22. The van der Waals surface area contributed by atoms with E-state index in [0.29, 0.717) is 17.0 Å². The van der Waals surface area contributed by atoms with Gasteiger partial charge in [-0.05, 0) is 54.5 Å². The van der Waals surface area contributed by atoms with Crippen LogP contribution in [0.1, 0.15) is 22.3 Å². The smallest absolute Gasteiger partial charge is 0.251 e. The van der Waals surface area contributed by atoms with Crippen molar-refractivity contribution in [2.75, 3.05) is 18.1 Å². The van der Waals surface area contributed by atoms with Crippen molar-refractivity contribution in [2.24, 2.45) is 5.92 Å². The Kier molecular flexibility index (Phi) is 4.05. The summed E-state index contributed by atoms with van der Waals surface area (Å²) >= 11 is 1.93. The van der Waals surface area contributed by atoms with Crippen LogP contribution in [0.4, 0.5) is 4.39 Å². The summed E-state index contributed by atoms with van der Waals surface area (Å²) in [6.45, 7) is 2.48. The maximum Gasteiger partial charge on any atom is 0.251 e. The zero-order chi connectivity index (χ0) is 12.3. The maximum atomic E-state index is 12.9. The van der Waals surface area contributed by atoms with Crippen LogP contribution in [0, 0.1) is 18.7 Å². The summed E-state index contributed by atoms with van der Waals surface area (Å²) in [4.78, 5) is 11.9. The molecule has 0 spiro atoms. The van der Waals surface area contributed by atoms with Gasteiger partial charge in [-0.3, -0.25) is 4.79 Å². The molecule has 17 heavy (non-hydrogen) atoms. The lowest BCUT2D eigenvalue weighted by Gasteiger charge is -2.11. The molecule has 1 aromatic rings. The van der Waals surface area contributed by atoms with Gasteiger partial charge in [0.05, 0.1) is 0 Å². The van der Waals surface area contributed by atoms with E-state index in [1.54, 1.807) is 13.0 Å². The van der Waals surface area contributed by atoms with Crippen LogP contribution in [0.15, 0.2) is 18.2 Å². The summed E-state index contributed by atoms with van der Waals surface area (Å²) in [5.74, 6) is 2.51. The van der Waals surface area contributed by atoms with Gasteiger partial charge in [0.25, 0.3) is 5.91 Å². The molecule has 1 atom stereocenters. The number of thioether (sulfide) groups is 1. The van der Waals surface area contributed by atoms with Crippen LogP contribution < -0.4 is 5.32 Å². The molecule has 0 aliphatic carbocycles. The molecule has 1 unspecified atom stereocenters. The quantitative estimate of drug-likeness (QED) is 0.897. The van der Waals surface area contributed by atoms with Gasteiger partial charge < -0.3 is 5.32 Å². The first-order chi connectivity index (χ1) is 8.16. The molecule has 0 saturated carbocycles. The standard InChI is InChI=1S/C13H16FNOS/c1-9-6-11(14)2-3-12(9)13(16)15-7-10-4-5-17-8-10/h2-3,6,10H,4-5,7-8H2,1H3,(H,15,16). The van der Waals surface area contributed by atoms with Crippen LogP contribution in [0.2, 0.25) is 0 Å². The number of amides is 1. The first-order valence-corrected chi connectivity index (χ1v) is 6.94. The topological polar surface area (TPSA) is 29.1 Å². The average molecular weight is 253 g/mol. The zero-order valence-electron chi connectivity index (χ0n) is 9.83. The van der Waals surface area contributed by atoms with Crippen LogP contribution in [-0.4, -0.2) is 24.0 Å². The maximum absolute atomic E-state index is 12.9. The molecule has 1 aliphatic heterocycles. The fourth-order valence-corrected chi connectivity index (χ4v) is 3.24. The SMILES string of the molecule is Cc1cc(F)ccc1C(=O)NCC1CCSC1. The highest BCUT2D eigenvalue weighted by atomic mass is 32.2. The molecule has 0 aromatic heterocycles. The summed E-state index contributed by atoms with van der Waals surface area (Å²) in [5, 5.41) is 2.93. The van der Waals surface area contributed by atoms with E-state index in [-0.39, 0.29) is 11.7 Å². The first-order valence-electron chi connectivity index (χ1n) is 5.79. The summed E-state index contributed by atoms with van der Waals surface area (Å²) in [6, 6.07) is 4.26. The van der Waals surface area contributed by atoms with Gasteiger partial charge in [0.2, 0.25) is 0 Å². The second kappa shape index (κ2) is 5.54. The Morgan fingerprint density at radius 1 is 1.59 bits per heavy atom. The van der Waals surface area contributed by atoms with Gasteiger partial charge in [0, 0.05) is 12.1 Å². The number of hydrogen-bond acceptors (Lipinski definition) is 2. The summed E-state index contributed by atoms with van der Waals surface area (Å²) < 4.78 is 12.9. The third-order valence-electron chi connectivity index (χ3n) is 3.01. The number of aryl methyl sites for hydroxylation is 1. The molecular weight excluding hydrogens is 237 g/mol. The number of carbonyl (C=O) groups is 1. The molecule has 92 valence electrons. The summed E-state index contributed by atoms with van der Waals surface area (Å²) in [6.07, 6.45) is 1.17. The van der Waals surface area contributed by atoms with Crippen LogP contribution in [0.5, 0.6) is 0 Å². The normalized spacial score (nSPS) is 19.3. The van der Waals surface area contributed by atoms with Gasteiger partial charge in [-0.15, -0.1) is 0 Å². The summed E-state index contributed by atoms with van der Waals surface area (Å²) in [5.41, 5.74) is 1.25. The van der Waals surface area contributed by atoms with Gasteiger partial charge >= 0.3 is 0 Å². The molecule has 1 amide bonds. The van der Waals surface area contributed by atoms with Gasteiger partial charge in [0.15, 0.2) is 0 Å². The van der Waals surface area contributed by atoms with Gasteiger partial charge in [-0.2, -0.15) is 11.8 Å². The minimum atomic E-state index is -0.300. The van der Waals surface area contributed by atoms with Gasteiger partial charge in [0.1, 0.15) is 5.82 Å². The predicted octanol–water partition coefficient (Wildman–Crippen LogP) is 2.62. The van der Waals surface area contributed by atoms with E-state index >= 15 is 0 Å². The first kappa shape index (κ1) is 12.4. The van der Waals surface area contributed by atoms with E-state index in [0.717, 1.165) is 12.3 Å². The molecule has 4 heteroatoms. The van der Waals surface area contributed by atoms with Gasteiger partial charge in [-0.1, -0.05) is 0 Å². The van der Waals surface area contributed by atoms with Crippen molar-refractivity contribution in [1.29, 1.82) is 0 Å². The number of halogens is 1. The molecule has 1 fully saturated rings. The highest BCUT2D eigenvalue weighted by molar-refractivity contribution is 7.99. The van der Waals surface area contributed by atoms with Crippen LogP contribution in [0.3, 0.4) is 0 Å². The van der Waals surface area contributed by atoms with E-state index in [9.17, 15) is 9.18 Å². The van der Waals surface area contributed by atoms with Gasteiger partial charge in [-0.25, -0.2) is 4.39 Å². The van der Waals surface area contributed by atoms with Crippen molar-refractivity contribution in [1.82, 2.24) is 5.32 Å². The number of nitrogens with one attached hydrogen (secondary N) is 1. The average Bonchev–Trinajstić information content (AvgIpc) is 2.78. The zero-order valence-corrected chi connectivity index (χ0v) is 10.6. The third-order valence-corrected chi connectivity index (χ3v) is 4.24. The van der Waals surface area contributed by atoms with E-state index in [1.165, 1.54) is 24.3 Å². The lowest BCUT2D eigenvalue weighted by molar-refractivity contribution is 0.0948. The molecule has 1 saturated heterocycles. The van der Waals surface area contributed by atoms with Crippen LogP contribution in [0.25, 0.3) is 0 Å². The Hall–Kier alpha value is -1.03. The largest absolute Gasteiger partial charge is 0.352 e. The second-order valence-electron chi connectivity index (χ2n) is 4.40. The molecule has 2 nitrogen and oxygen atoms in total. The van der Waals surface area contributed by atoms with Crippen molar-refractivity contribution in [3.63, 3.8) is 0 Å². The molecule has 1 heterocycles. The Morgan fingerprint density at radius 2 is 2.41 bits per heavy atom. The molecule has 0 radical (unpaired) electrons. The van der Waals surface area contributed by atoms with Crippen molar-refractivity contribution < 1.29 is 9.18 Å². The molecule has 1 aromatic carbocycles. The fourth-order valence-electron chi connectivity index (χ4n) is 1.96. The van der Waals surface area contributed by atoms with Crippen molar-refractivity contribution in [3.8, 4) is 0 Å². The minimum absolute atomic E-state index is 0.0978. The lowest BCUT2D eigenvalue weighted by atomic mass is 10.1. The Morgan fingerprint density at radius 3 is 3.06 bits per heavy atom. The molecule has 1 aliphatic rings. The summed E-state index contributed by atoms with van der Waals surface area (Å²) in [7, 11) is 0. The number of carbonyl (C=O) groups excluding carboxylic acids is 1. The monoisotopic (exact) mass is 253 g/mol. The van der Waals surface area contributed by atoms with Crippen molar-refractivity contribution in [2.45, 2.75) is 13.3 Å². The number of hydrogen-bond donors (Lipinski definition) is 1. The Bertz CT molecular complexity index is 416. The van der Waals surface area contributed by atoms with E-state index in [1.807, 2.05) is 11.8 Å². The highest BCUT2D eigenvalue weighted by Crippen LogP contribution is 2.22. The highest BCUT2D eigenvalue weighted by Gasteiger charge is 2.17. The molecule has 1 N–H and O–H groups in total. The van der Waals surface area contributed by atoms with E-state index in [4.69, 9.17) is 0 Å². The van der Waals surface area contributed by atoms with E-state index < -0.39 is 0 Å². The molecular formula is C13H16FNOS. The lowest BCUT2D eigenvalue weighted by Crippen LogP contribution is -2.29. The minimum Gasteiger partial charge on any atom is -0.352 e. The fraction of sp³-hybridized carbons (Fsp3) is 0.462. The number of benzene rings is 1. The predicted molar refractivity (Wildman–Crippen MR) is 68.9 cm³/mol. The van der Waals surface area contributed by atoms with Crippen molar-refractivity contribution >= 4 is 17.7 Å². The Balaban J connectivity index is 1.94. The van der Waals surface area contributed by atoms with E-state index in [2.05, 4.69) is 5.32 Å². The molecule has 2 rings (SSSR count). The Labute approximate surface area is 105 Å². The number of rotatable bonds is 3. The van der Waals surface area contributed by atoms with Crippen LogP contribution in [-0.2, 0) is 0 Å². The van der Waals surface area contributed by atoms with Crippen molar-refractivity contribution in [3.05, 3.63) is 35.1 Å². The second-order valence-corrected chi connectivity index (χ2v) is 5.55.